The van der Waals surface area contributed by atoms with E-state index in [1.165, 1.54) is 12.1 Å². The van der Waals surface area contributed by atoms with Crippen LogP contribution < -0.4 is 0 Å². The molecule has 2 atom stereocenters. The average molecular weight is 444 g/mol. The van der Waals surface area contributed by atoms with Gasteiger partial charge in [0.1, 0.15) is 0 Å². The molecule has 0 amide bonds. The molecule has 0 radical (unpaired) electrons. The van der Waals surface area contributed by atoms with Crippen molar-refractivity contribution in [1.82, 2.24) is 4.98 Å². The lowest BCUT2D eigenvalue weighted by atomic mass is 9.92. The number of hydrogen-bond acceptors (Lipinski definition) is 3. The molecule has 0 fully saturated rings. The Morgan fingerprint density at radius 3 is 2.25 bits per heavy atom. The largest absolute Gasteiger partial charge is 0.433 e. The van der Waals surface area contributed by atoms with Crippen molar-refractivity contribution in [2.24, 2.45) is 5.92 Å². The number of aryl methyl sites for hydroxylation is 1. The first-order chi connectivity index (χ1) is 15.3. The lowest BCUT2D eigenvalue weighted by molar-refractivity contribution is -0.142. The van der Waals surface area contributed by atoms with Gasteiger partial charge in [-0.15, -0.1) is 0 Å². The molecule has 170 valence electrons. The molecule has 0 aliphatic heterocycles. The number of rotatable bonds is 9. The van der Waals surface area contributed by atoms with Crippen LogP contribution in [0.2, 0.25) is 0 Å². The number of ether oxygens (including phenoxy) is 1. The van der Waals surface area contributed by atoms with Crippen molar-refractivity contribution in [1.29, 1.82) is 0 Å². The van der Waals surface area contributed by atoms with Crippen molar-refractivity contribution in [3.05, 3.63) is 89.1 Å². The van der Waals surface area contributed by atoms with E-state index in [9.17, 15) is 18.3 Å². The van der Waals surface area contributed by atoms with Crippen LogP contribution in [0.4, 0.5) is 13.2 Å². The molecule has 2 aromatic carbocycles. The highest BCUT2D eigenvalue weighted by atomic mass is 19.4. The minimum Gasteiger partial charge on any atom is -0.388 e. The van der Waals surface area contributed by atoms with Gasteiger partial charge in [-0.1, -0.05) is 66.2 Å². The van der Waals surface area contributed by atoms with E-state index in [-0.39, 0.29) is 23.6 Å². The third kappa shape index (κ3) is 6.40. The topological polar surface area (TPSA) is 42.4 Å². The Hall–Kier alpha value is -2.70. The fourth-order valence-corrected chi connectivity index (χ4v) is 3.83. The molecule has 3 aromatic rings. The molecule has 0 bridgehead atoms. The normalized spacial score (nSPS) is 13.7. The Bertz CT molecular complexity index is 988. The van der Waals surface area contributed by atoms with Crippen molar-refractivity contribution in [2.45, 2.75) is 38.5 Å². The van der Waals surface area contributed by atoms with Gasteiger partial charge in [0.05, 0.1) is 11.8 Å². The number of aliphatic hydroxyl groups is 1. The maximum Gasteiger partial charge on any atom is 0.433 e. The standard InChI is InChI=1S/C26H28F3NO2/c1-18-8-11-21(12-9-18)23-14-13-22(25(30-23)26(27,28)29)24(31)15-10-20(17-32-2)16-19-6-4-3-5-7-19/h3-9,11-14,20,24,31H,10,15-17H2,1-2H3/t20-,24+/m0/s1. The Labute approximate surface area is 186 Å². The average Bonchev–Trinajstić information content (AvgIpc) is 2.77. The molecule has 3 rings (SSSR count). The van der Waals surface area contributed by atoms with Gasteiger partial charge in [-0.05, 0) is 43.7 Å². The predicted octanol–water partition coefficient (Wildman–Crippen LogP) is 6.39. The molecule has 3 nitrogen and oxygen atoms in total. The molecule has 6 heteroatoms. The summed E-state index contributed by atoms with van der Waals surface area (Å²) in [6, 6.07) is 19.9. The van der Waals surface area contributed by atoms with Crippen LogP contribution in [0, 0.1) is 12.8 Å². The van der Waals surface area contributed by atoms with E-state index in [1.807, 2.05) is 49.4 Å². The lowest BCUT2D eigenvalue weighted by Crippen LogP contribution is -2.17. The smallest absolute Gasteiger partial charge is 0.388 e. The summed E-state index contributed by atoms with van der Waals surface area (Å²) >= 11 is 0. The molecular formula is C26H28F3NO2. The van der Waals surface area contributed by atoms with E-state index < -0.39 is 18.0 Å². The fraction of sp³-hybridized carbons (Fsp3) is 0.346. The van der Waals surface area contributed by atoms with Crippen molar-refractivity contribution in [2.75, 3.05) is 13.7 Å². The third-order valence-corrected chi connectivity index (χ3v) is 5.52. The summed E-state index contributed by atoms with van der Waals surface area (Å²) < 4.78 is 46.6. The van der Waals surface area contributed by atoms with E-state index in [0.29, 0.717) is 18.6 Å². The van der Waals surface area contributed by atoms with Crippen molar-refractivity contribution >= 4 is 0 Å². The molecule has 0 aliphatic rings. The number of methoxy groups -OCH3 is 1. The molecule has 1 N–H and O–H groups in total. The first-order valence-corrected chi connectivity index (χ1v) is 10.6. The van der Waals surface area contributed by atoms with E-state index in [2.05, 4.69) is 4.98 Å². The number of aliphatic hydroxyl groups excluding tert-OH is 1. The van der Waals surface area contributed by atoms with Gasteiger partial charge in [-0.2, -0.15) is 13.2 Å². The Balaban J connectivity index is 1.78. The zero-order chi connectivity index (χ0) is 23.1. The lowest BCUT2D eigenvalue weighted by Gasteiger charge is -2.21. The van der Waals surface area contributed by atoms with Gasteiger partial charge in [0.25, 0.3) is 0 Å². The van der Waals surface area contributed by atoms with E-state index in [1.54, 1.807) is 19.2 Å². The van der Waals surface area contributed by atoms with Crippen molar-refractivity contribution in [3.63, 3.8) is 0 Å². The molecule has 0 unspecified atom stereocenters. The van der Waals surface area contributed by atoms with Crippen LogP contribution in [-0.4, -0.2) is 23.8 Å². The minimum absolute atomic E-state index is 0.0891. The van der Waals surface area contributed by atoms with Crippen LogP contribution in [-0.2, 0) is 17.3 Å². The van der Waals surface area contributed by atoms with Gasteiger partial charge in [0.15, 0.2) is 5.69 Å². The highest BCUT2D eigenvalue weighted by molar-refractivity contribution is 5.60. The molecule has 0 aliphatic carbocycles. The first kappa shape index (κ1) is 24.0. The first-order valence-electron chi connectivity index (χ1n) is 10.6. The SMILES string of the molecule is COC[C@@H](CC[C@@H](O)c1ccc(-c2ccc(C)cc2)nc1C(F)(F)F)Cc1ccccc1. The summed E-state index contributed by atoms with van der Waals surface area (Å²) in [5, 5.41) is 10.7. The summed E-state index contributed by atoms with van der Waals surface area (Å²) in [5.74, 6) is 0.0891. The number of halogens is 3. The molecule has 32 heavy (non-hydrogen) atoms. The zero-order valence-corrected chi connectivity index (χ0v) is 18.3. The Morgan fingerprint density at radius 2 is 1.62 bits per heavy atom. The molecule has 0 saturated heterocycles. The van der Waals surface area contributed by atoms with Crippen molar-refractivity contribution < 1.29 is 23.0 Å². The van der Waals surface area contributed by atoms with Gasteiger partial charge < -0.3 is 9.84 Å². The summed E-state index contributed by atoms with van der Waals surface area (Å²) in [4.78, 5) is 3.89. The van der Waals surface area contributed by atoms with E-state index >= 15 is 0 Å². The van der Waals surface area contributed by atoms with Gasteiger partial charge in [0.2, 0.25) is 0 Å². The second-order valence-electron chi connectivity index (χ2n) is 8.10. The summed E-state index contributed by atoms with van der Waals surface area (Å²) in [6.45, 7) is 2.38. The highest BCUT2D eigenvalue weighted by Crippen LogP contribution is 2.36. The molecular weight excluding hydrogens is 415 g/mol. The van der Waals surface area contributed by atoms with Crippen LogP contribution in [0.25, 0.3) is 11.3 Å². The second-order valence-corrected chi connectivity index (χ2v) is 8.10. The van der Waals surface area contributed by atoms with Gasteiger partial charge in [-0.25, -0.2) is 4.98 Å². The van der Waals surface area contributed by atoms with E-state index in [0.717, 1.165) is 17.5 Å². The number of aromatic nitrogens is 1. The van der Waals surface area contributed by atoms with Gasteiger partial charge in [0, 0.05) is 24.8 Å². The molecule has 1 aromatic heterocycles. The number of alkyl halides is 3. The van der Waals surface area contributed by atoms with Gasteiger partial charge in [-0.3, -0.25) is 0 Å². The Morgan fingerprint density at radius 1 is 0.938 bits per heavy atom. The number of benzene rings is 2. The van der Waals surface area contributed by atoms with Crippen molar-refractivity contribution in [3.8, 4) is 11.3 Å². The molecule has 0 saturated carbocycles. The number of hydrogen-bond donors (Lipinski definition) is 1. The van der Waals surface area contributed by atoms with Gasteiger partial charge >= 0.3 is 6.18 Å². The van der Waals surface area contributed by atoms with Crippen LogP contribution in [0.15, 0.2) is 66.7 Å². The Kier molecular flexibility index (Phi) is 8.04. The highest BCUT2D eigenvalue weighted by Gasteiger charge is 2.37. The van der Waals surface area contributed by atoms with Crippen LogP contribution in [0.3, 0.4) is 0 Å². The summed E-state index contributed by atoms with van der Waals surface area (Å²) in [5.41, 5.74) is 1.75. The van der Waals surface area contributed by atoms with Crippen LogP contribution in [0.5, 0.6) is 0 Å². The predicted molar refractivity (Wildman–Crippen MR) is 119 cm³/mol. The third-order valence-electron chi connectivity index (χ3n) is 5.52. The minimum atomic E-state index is -4.66. The fourth-order valence-electron chi connectivity index (χ4n) is 3.83. The second kappa shape index (κ2) is 10.7. The van der Waals surface area contributed by atoms with Crippen LogP contribution >= 0.6 is 0 Å². The maximum atomic E-state index is 13.8. The van der Waals surface area contributed by atoms with E-state index in [4.69, 9.17) is 4.74 Å². The monoisotopic (exact) mass is 443 g/mol. The quantitative estimate of drug-likeness (QED) is 0.416. The summed E-state index contributed by atoms with van der Waals surface area (Å²) in [7, 11) is 1.60. The number of nitrogens with zero attached hydrogens (tertiary/aromatic N) is 1. The zero-order valence-electron chi connectivity index (χ0n) is 18.3. The summed E-state index contributed by atoms with van der Waals surface area (Å²) in [6.07, 6.45) is -4.47. The number of pyridine rings is 1. The molecule has 1 heterocycles. The van der Waals surface area contributed by atoms with Crippen LogP contribution in [0.1, 0.15) is 41.3 Å². The molecule has 0 spiro atoms. The maximum absolute atomic E-state index is 13.8.